The number of pyridine rings is 1. The van der Waals surface area contributed by atoms with Crippen molar-refractivity contribution in [3.63, 3.8) is 0 Å². The Bertz CT molecular complexity index is 560. The molecule has 1 aromatic carbocycles. The molecule has 1 atom stereocenters. The summed E-state index contributed by atoms with van der Waals surface area (Å²) in [6.07, 6.45) is 1.03. The van der Waals surface area contributed by atoms with Crippen LogP contribution in [0.2, 0.25) is 5.02 Å². The quantitative estimate of drug-likeness (QED) is 0.911. The van der Waals surface area contributed by atoms with E-state index in [2.05, 4.69) is 20.9 Å². The molecule has 0 radical (unpaired) electrons. The molecule has 1 N–H and O–H groups in total. The van der Waals surface area contributed by atoms with Crippen molar-refractivity contribution in [3.05, 3.63) is 51.6 Å². The fourth-order valence-corrected chi connectivity index (χ4v) is 2.12. The third kappa shape index (κ3) is 3.22. The van der Waals surface area contributed by atoms with Gasteiger partial charge in [-0.2, -0.15) is 0 Å². The van der Waals surface area contributed by atoms with Gasteiger partial charge in [-0.05, 0) is 36.8 Å². The molecule has 2 rings (SSSR count). The third-order valence-corrected chi connectivity index (χ3v) is 3.14. The first kappa shape index (κ1) is 13.3. The number of rotatable bonds is 3. The maximum Gasteiger partial charge on any atom is 0.219 e. The van der Waals surface area contributed by atoms with Crippen LogP contribution in [0.5, 0.6) is 11.6 Å². The first-order valence-corrected chi connectivity index (χ1v) is 6.50. The van der Waals surface area contributed by atoms with E-state index in [0.717, 1.165) is 10.0 Å². The Hall–Kier alpha value is -1.10. The zero-order valence-corrected chi connectivity index (χ0v) is 11.9. The molecule has 94 valence electrons. The smallest absolute Gasteiger partial charge is 0.219 e. The Morgan fingerprint density at radius 2 is 2.11 bits per heavy atom. The first-order chi connectivity index (χ1) is 8.56. The molecule has 5 heteroatoms. The SMILES string of the molecule is CC(O)c1ccnc(Oc2ccc(Br)cc2Cl)c1. The van der Waals surface area contributed by atoms with Crippen molar-refractivity contribution in [1.82, 2.24) is 4.98 Å². The summed E-state index contributed by atoms with van der Waals surface area (Å²) in [5.41, 5.74) is 0.744. The molecule has 0 aliphatic carbocycles. The van der Waals surface area contributed by atoms with E-state index in [1.54, 1.807) is 37.4 Å². The molecule has 0 bridgehead atoms. The number of aromatic nitrogens is 1. The van der Waals surface area contributed by atoms with Gasteiger partial charge in [0.2, 0.25) is 5.88 Å². The van der Waals surface area contributed by atoms with Gasteiger partial charge in [0.15, 0.2) is 0 Å². The summed E-state index contributed by atoms with van der Waals surface area (Å²) in [4.78, 5) is 4.08. The topological polar surface area (TPSA) is 42.4 Å². The largest absolute Gasteiger partial charge is 0.437 e. The Kier molecular flexibility index (Phi) is 4.22. The van der Waals surface area contributed by atoms with Crippen molar-refractivity contribution in [2.45, 2.75) is 13.0 Å². The average Bonchev–Trinajstić information content (AvgIpc) is 2.33. The van der Waals surface area contributed by atoms with E-state index in [1.807, 2.05) is 6.07 Å². The van der Waals surface area contributed by atoms with E-state index < -0.39 is 6.10 Å². The summed E-state index contributed by atoms with van der Waals surface area (Å²) in [5, 5.41) is 9.98. The standard InChI is InChI=1S/C13H11BrClNO2/c1-8(17)9-4-5-16-13(6-9)18-12-3-2-10(14)7-11(12)15/h2-8,17H,1H3. The number of aliphatic hydroxyl groups is 1. The summed E-state index contributed by atoms with van der Waals surface area (Å²) in [7, 11) is 0. The molecule has 1 unspecified atom stereocenters. The number of nitrogens with zero attached hydrogens (tertiary/aromatic N) is 1. The van der Waals surface area contributed by atoms with E-state index >= 15 is 0 Å². The van der Waals surface area contributed by atoms with Gasteiger partial charge in [0, 0.05) is 16.7 Å². The molecule has 0 aliphatic heterocycles. The van der Waals surface area contributed by atoms with Gasteiger partial charge in [0.25, 0.3) is 0 Å². The molecule has 1 aromatic heterocycles. The summed E-state index contributed by atoms with van der Waals surface area (Å²) >= 11 is 9.37. The summed E-state index contributed by atoms with van der Waals surface area (Å²) in [6.45, 7) is 1.69. The number of hydrogen-bond acceptors (Lipinski definition) is 3. The number of aliphatic hydroxyl groups excluding tert-OH is 1. The lowest BCUT2D eigenvalue weighted by Gasteiger charge is -2.09. The lowest BCUT2D eigenvalue weighted by molar-refractivity contribution is 0.198. The molecular weight excluding hydrogens is 318 g/mol. The van der Waals surface area contributed by atoms with Crippen LogP contribution < -0.4 is 4.74 Å². The average molecular weight is 329 g/mol. The number of benzene rings is 1. The highest BCUT2D eigenvalue weighted by Crippen LogP contribution is 2.31. The highest BCUT2D eigenvalue weighted by Gasteiger charge is 2.07. The molecule has 3 nitrogen and oxygen atoms in total. The van der Waals surface area contributed by atoms with Crippen molar-refractivity contribution in [2.24, 2.45) is 0 Å². The van der Waals surface area contributed by atoms with Crippen molar-refractivity contribution in [1.29, 1.82) is 0 Å². The fourth-order valence-electron chi connectivity index (χ4n) is 1.41. The second-order valence-corrected chi connectivity index (χ2v) is 5.10. The Morgan fingerprint density at radius 1 is 1.33 bits per heavy atom. The van der Waals surface area contributed by atoms with Crippen LogP contribution in [0, 0.1) is 0 Å². The van der Waals surface area contributed by atoms with Crippen LogP contribution in [-0.2, 0) is 0 Å². The second kappa shape index (κ2) is 5.69. The molecule has 0 aliphatic rings. The van der Waals surface area contributed by atoms with Crippen LogP contribution in [-0.4, -0.2) is 10.1 Å². The lowest BCUT2D eigenvalue weighted by Crippen LogP contribution is -1.94. The van der Waals surface area contributed by atoms with Crippen molar-refractivity contribution < 1.29 is 9.84 Å². The summed E-state index contributed by atoms with van der Waals surface area (Å²) in [6, 6.07) is 8.75. The third-order valence-electron chi connectivity index (χ3n) is 2.35. The Balaban J connectivity index is 2.25. The van der Waals surface area contributed by atoms with E-state index in [0.29, 0.717) is 16.7 Å². The van der Waals surface area contributed by atoms with E-state index in [4.69, 9.17) is 16.3 Å². The van der Waals surface area contributed by atoms with Crippen LogP contribution >= 0.6 is 27.5 Å². The lowest BCUT2D eigenvalue weighted by atomic mass is 10.2. The van der Waals surface area contributed by atoms with Crippen LogP contribution in [0.1, 0.15) is 18.6 Å². The van der Waals surface area contributed by atoms with Crippen LogP contribution in [0.15, 0.2) is 41.0 Å². The molecule has 0 spiro atoms. The maximum atomic E-state index is 9.49. The van der Waals surface area contributed by atoms with E-state index in [-0.39, 0.29) is 0 Å². The van der Waals surface area contributed by atoms with Crippen molar-refractivity contribution in [3.8, 4) is 11.6 Å². The van der Waals surface area contributed by atoms with Gasteiger partial charge in [-0.15, -0.1) is 0 Å². The van der Waals surface area contributed by atoms with E-state index in [9.17, 15) is 5.11 Å². The Labute approximate surface area is 119 Å². The number of hydrogen-bond donors (Lipinski definition) is 1. The number of halogens is 2. The summed E-state index contributed by atoms with van der Waals surface area (Å²) in [5.74, 6) is 0.924. The van der Waals surface area contributed by atoms with E-state index in [1.165, 1.54) is 0 Å². The normalized spacial score (nSPS) is 12.2. The highest BCUT2D eigenvalue weighted by atomic mass is 79.9. The highest BCUT2D eigenvalue weighted by molar-refractivity contribution is 9.10. The molecule has 0 saturated heterocycles. The molecule has 0 fully saturated rings. The van der Waals surface area contributed by atoms with Crippen LogP contribution in [0.25, 0.3) is 0 Å². The minimum Gasteiger partial charge on any atom is -0.437 e. The van der Waals surface area contributed by atoms with Crippen molar-refractivity contribution >= 4 is 27.5 Å². The molecular formula is C13H11BrClNO2. The van der Waals surface area contributed by atoms with Gasteiger partial charge in [-0.1, -0.05) is 27.5 Å². The molecule has 2 aromatic rings. The molecule has 1 heterocycles. The Morgan fingerprint density at radius 3 is 2.78 bits per heavy atom. The second-order valence-electron chi connectivity index (χ2n) is 3.78. The first-order valence-electron chi connectivity index (χ1n) is 5.33. The minimum atomic E-state index is -0.560. The van der Waals surface area contributed by atoms with Gasteiger partial charge >= 0.3 is 0 Å². The number of ether oxygens (including phenoxy) is 1. The molecule has 18 heavy (non-hydrogen) atoms. The van der Waals surface area contributed by atoms with Gasteiger partial charge in [-0.25, -0.2) is 4.98 Å². The van der Waals surface area contributed by atoms with Gasteiger partial charge in [0.05, 0.1) is 11.1 Å². The summed E-state index contributed by atoms with van der Waals surface area (Å²) < 4.78 is 6.46. The monoisotopic (exact) mass is 327 g/mol. The maximum absolute atomic E-state index is 9.49. The zero-order valence-electron chi connectivity index (χ0n) is 9.60. The van der Waals surface area contributed by atoms with Crippen LogP contribution in [0.3, 0.4) is 0 Å². The predicted molar refractivity (Wildman–Crippen MR) is 74.1 cm³/mol. The molecule has 0 saturated carbocycles. The van der Waals surface area contributed by atoms with Crippen LogP contribution in [0.4, 0.5) is 0 Å². The van der Waals surface area contributed by atoms with Crippen molar-refractivity contribution in [2.75, 3.05) is 0 Å². The predicted octanol–water partition coefficient (Wildman–Crippen LogP) is 4.34. The fraction of sp³-hybridized carbons (Fsp3) is 0.154. The van der Waals surface area contributed by atoms with Gasteiger partial charge in [0.1, 0.15) is 5.75 Å². The zero-order chi connectivity index (χ0) is 13.1. The molecule has 0 amide bonds. The van der Waals surface area contributed by atoms with Gasteiger partial charge in [-0.3, -0.25) is 0 Å². The minimum absolute atomic E-state index is 0.401. The van der Waals surface area contributed by atoms with Gasteiger partial charge < -0.3 is 9.84 Å².